The molecule has 0 aliphatic heterocycles. The molecule has 0 bridgehead atoms. The Morgan fingerprint density at radius 3 is 2.44 bits per heavy atom. The minimum atomic E-state index is -0.385. The Morgan fingerprint density at radius 2 is 1.81 bits per heavy atom. The molecule has 0 spiro atoms. The predicted molar refractivity (Wildman–Crippen MR) is 67.5 cm³/mol. The Labute approximate surface area is 99.8 Å². The van der Waals surface area contributed by atoms with Crippen molar-refractivity contribution in [3.8, 4) is 0 Å². The first kappa shape index (κ1) is 12.4. The monoisotopic (exact) mass is 225 g/mol. The molecule has 2 heteroatoms. The highest BCUT2D eigenvalue weighted by Gasteiger charge is 2.31. The molecule has 0 aromatic heterocycles. The zero-order valence-electron chi connectivity index (χ0n) is 10.7. The van der Waals surface area contributed by atoms with Crippen LogP contribution in [0.1, 0.15) is 64.7 Å². The lowest BCUT2D eigenvalue weighted by Gasteiger charge is -2.26. The Morgan fingerprint density at radius 1 is 1.19 bits per heavy atom. The van der Waals surface area contributed by atoms with E-state index < -0.39 is 0 Å². The Bertz CT molecular complexity index is 205. The van der Waals surface area contributed by atoms with E-state index in [1.165, 1.54) is 44.9 Å². The molecule has 2 saturated carbocycles. The molecule has 2 fully saturated rings. The first-order valence-corrected chi connectivity index (χ1v) is 7.14. The summed E-state index contributed by atoms with van der Waals surface area (Å²) in [5.41, 5.74) is -0.385. The second kappa shape index (κ2) is 5.50. The fourth-order valence-corrected chi connectivity index (χ4v) is 3.40. The van der Waals surface area contributed by atoms with E-state index in [2.05, 4.69) is 12.2 Å². The quantitative estimate of drug-likeness (QED) is 0.754. The Hall–Kier alpha value is -0.0800. The van der Waals surface area contributed by atoms with Gasteiger partial charge in [-0.25, -0.2) is 0 Å². The molecule has 2 nitrogen and oxygen atoms in total. The van der Waals surface area contributed by atoms with E-state index in [0.717, 1.165) is 25.3 Å². The molecule has 2 N–H and O–H groups in total. The highest BCUT2D eigenvalue weighted by Crippen LogP contribution is 2.30. The van der Waals surface area contributed by atoms with Crippen molar-refractivity contribution in [3.63, 3.8) is 0 Å². The van der Waals surface area contributed by atoms with Crippen molar-refractivity contribution >= 4 is 0 Å². The summed E-state index contributed by atoms with van der Waals surface area (Å²) in [5, 5.41) is 13.8. The highest BCUT2D eigenvalue weighted by molar-refractivity contribution is 4.87. The first-order valence-electron chi connectivity index (χ1n) is 7.14. The summed E-state index contributed by atoms with van der Waals surface area (Å²) in [6.07, 6.45) is 11.4. The molecular weight excluding hydrogens is 198 g/mol. The number of rotatable bonds is 5. The molecule has 2 aliphatic rings. The predicted octanol–water partition coefficient (Wildman–Crippen LogP) is 2.85. The van der Waals surface area contributed by atoms with Gasteiger partial charge in [-0.05, 0) is 32.1 Å². The summed E-state index contributed by atoms with van der Waals surface area (Å²) in [6.45, 7) is 3.08. The van der Waals surface area contributed by atoms with Gasteiger partial charge in [0.2, 0.25) is 0 Å². The van der Waals surface area contributed by atoms with Crippen molar-refractivity contribution in [2.45, 2.75) is 76.4 Å². The van der Waals surface area contributed by atoms with Crippen LogP contribution in [0.2, 0.25) is 0 Å². The number of hydrogen-bond donors (Lipinski definition) is 2. The molecule has 1 unspecified atom stereocenters. The van der Waals surface area contributed by atoms with E-state index in [1.807, 2.05) is 0 Å². The van der Waals surface area contributed by atoms with Crippen LogP contribution >= 0.6 is 0 Å². The molecule has 1 atom stereocenters. The third-order valence-corrected chi connectivity index (χ3v) is 4.48. The maximum atomic E-state index is 10.2. The van der Waals surface area contributed by atoms with Gasteiger partial charge in [0, 0.05) is 12.6 Å². The van der Waals surface area contributed by atoms with Crippen molar-refractivity contribution < 1.29 is 5.11 Å². The molecule has 16 heavy (non-hydrogen) atoms. The van der Waals surface area contributed by atoms with Gasteiger partial charge in [0.15, 0.2) is 0 Å². The van der Waals surface area contributed by atoms with Crippen LogP contribution in [0.25, 0.3) is 0 Å². The summed E-state index contributed by atoms with van der Waals surface area (Å²) < 4.78 is 0. The van der Waals surface area contributed by atoms with Gasteiger partial charge in [-0.3, -0.25) is 0 Å². The van der Waals surface area contributed by atoms with Crippen molar-refractivity contribution in [2.24, 2.45) is 5.92 Å². The lowest BCUT2D eigenvalue weighted by atomic mass is 9.97. The van der Waals surface area contributed by atoms with Crippen LogP contribution < -0.4 is 5.32 Å². The summed E-state index contributed by atoms with van der Waals surface area (Å²) >= 11 is 0. The van der Waals surface area contributed by atoms with Crippen LogP contribution in [0.3, 0.4) is 0 Å². The average molecular weight is 225 g/mol. The zero-order chi connectivity index (χ0) is 11.4. The Kier molecular flexibility index (Phi) is 4.26. The first-order chi connectivity index (χ1) is 7.68. The standard InChI is InChI=1S/C14H27NO/c1-12(10-13-6-2-3-7-13)15-11-14(16)8-4-5-9-14/h12-13,15-16H,2-11H2,1H3. The molecule has 0 saturated heterocycles. The van der Waals surface area contributed by atoms with Crippen molar-refractivity contribution in [1.29, 1.82) is 0 Å². The molecule has 2 rings (SSSR count). The van der Waals surface area contributed by atoms with Gasteiger partial charge >= 0.3 is 0 Å². The van der Waals surface area contributed by atoms with E-state index in [9.17, 15) is 5.11 Å². The van der Waals surface area contributed by atoms with Gasteiger partial charge in [0.05, 0.1) is 5.60 Å². The van der Waals surface area contributed by atoms with Crippen LogP contribution in [0.5, 0.6) is 0 Å². The molecule has 0 aromatic carbocycles. The van der Waals surface area contributed by atoms with Crippen molar-refractivity contribution in [2.75, 3.05) is 6.54 Å². The fourth-order valence-electron chi connectivity index (χ4n) is 3.40. The summed E-state index contributed by atoms with van der Waals surface area (Å²) in [7, 11) is 0. The van der Waals surface area contributed by atoms with Crippen LogP contribution in [0, 0.1) is 5.92 Å². The highest BCUT2D eigenvalue weighted by atomic mass is 16.3. The Balaban J connectivity index is 1.64. The number of hydrogen-bond acceptors (Lipinski definition) is 2. The lowest BCUT2D eigenvalue weighted by molar-refractivity contribution is 0.0446. The second-order valence-corrected chi connectivity index (χ2v) is 6.10. The van der Waals surface area contributed by atoms with E-state index in [-0.39, 0.29) is 5.60 Å². The third-order valence-electron chi connectivity index (χ3n) is 4.48. The molecule has 0 heterocycles. The van der Waals surface area contributed by atoms with E-state index in [1.54, 1.807) is 0 Å². The van der Waals surface area contributed by atoms with E-state index in [4.69, 9.17) is 0 Å². The van der Waals surface area contributed by atoms with Crippen LogP contribution in [-0.2, 0) is 0 Å². The van der Waals surface area contributed by atoms with Crippen LogP contribution in [0.15, 0.2) is 0 Å². The normalized spacial score (nSPS) is 27.4. The van der Waals surface area contributed by atoms with Gasteiger partial charge in [-0.2, -0.15) is 0 Å². The minimum absolute atomic E-state index is 0.385. The lowest BCUT2D eigenvalue weighted by Crippen LogP contribution is -2.42. The molecule has 0 amide bonds. The molecule has 94 valence electrons. The van der Waals surface area contributed by atoms with Crippen molar-refractivity contribution in [3.05, 3.63) is 0 Å². The van der Waals surface area contributed by atoms with Gasteiger partial charge in [-0.1, -0.05) is 38.5 Å². The minimum Gasteiger partial charge on any atom is -0.389 e. The zero-order valence-corrected chi connectivity index (χ0v) is 10.7. The van der Waals surface area contributed by atoms with Gasteiger partial charge in [0.1, 0.15) is 0 Å². The fraction of sp³-hybridized carbons (Fsp3) is 1.00. The van der Waals surface area contributed by atoms with Gasteiger partial charge < -0.3 is 10.4 Å². The number of aliphatic hydroxyl groups is 1. The largest absolute Gasteiger partial charge is 0.389 e. The molecule has 0 radical (unpaired) electrons. The third kappa shape index (κ3) is 3.46. The van der Waals surface area contributed by atoms with Crippen LogP contribution in [0.4, 0.5) is 0 Å². The smallest absolute Gasteiger partial charge is 0.0771 e. The molecule has 2 aliphatic carbocycles. The van der Waals surface area contributed by atoms with Crippen molar-refractivity contribution in [1.82, 2.24) is 5.32 Å². The van der Waals surface area contributed by atoms with Gasteiger partial charge in [-0.15, -0.1) is 0 Å². The van der Waals surface area contributed by atoms with Crippen LogP contribution in [-0.4, -0.2) is 23.3 Å². The topological polar surface area (TPSA) is 32.3 Å². The maximum Gasteiger partial charge on any atom is 0.0771 e. The SMILES string of the molecule is CC(CC1CCCC1)NCC1(O)CCCC1. The summed E-state index contributed by atoms with van der Waals surface area (Å²) in [4.78, 5) is 0. The summed E-state index contributed by atoms with van der Waals surface area (Å²) in [6, 6.07) is 0.577. The number of nitrogens with one attached hydrogen (secondary N) is 1. The second-order valence-electron chi connectivity index (χ2n) is 6.10. The van der Waals surface area contributed by atoms with E-state index in [0.29, 0.717) is 6.04 Å². The average Bonchev–Trinajstić information content (AvgIpc) is 2.88. The maximum absolute atomic E-state index is 10.2. The van der Waals surface area contributed by atoms with E-state index >= 15 is 0 Å². The van der Waals surface area contributed by atoms with Gasteiger partial charge in [0.25, 0.3) is 0 Å². The molecule has 0 aromatic rings. The molecular formula is C14H27NO. The summed E-state index contributed by atoms with van der Waals surface area (Å²) in [5.74, 6) is 0.945.